The first-order chi connectivity index (χ1) is 9.30. The highest BCUT2D eigenvalue weighted by molar-refractivity contribution is 7.12. The van der Waals surface area contributed by atoms with Crippen LogP contribution in [-0.2, 0) is 0 Å². The van der Waals surface area contributed by atoms with Gasteiger partial charge in [0.05, 0.1) is 48.7 Å². The molecule has 0 saturated carbocycles. The number of fused-ring (bicyclic) bond motifs is 1. The number of aromatic nitrogens is 1. The SMILES string of the molecule is C.COc1cc2c(c(OC)c1OC)C(c1cncs1)=N2. The minimum absolute atomic E-state index is 0. The van der Waals surface area contributed by atoms with E-state index in [0.717, 1.165) is 21.8 Å². The lowest BCUT2D eigenvalue weighted by Crippen LogP contribution is -2.13. The van der Waals surface area contributed by atoms with Crippen LogP contribution in [0.4, 0.5) is 5.69 Å². The van der Waals surface area contributed by atoms with Crippen molar-refractivity contribution in [2.75, 3.05) is 21.3 Å². The fraction of sp³-hybridized carbons (Fsp3) is 0.286. The number of aliphatic imine (C=N–C) groups is 1. The van der Waals surface area contributed by atoms with Gasteiger partial charge in [-0.1, -0.05) is 7.43 Å². The van der Waals surface area contributed by atoms with E-state index in [1.807, 2.05) is 6.07 Å². The fourth-order valence-corrected chi connectivity index (χ4v) is 2.71. The van der Waals surface area contributed by atoms with E-state index in [4.69, 9.17) is 14.2 Å². The minimum atomic E-state index is 0. The Labute approximate surface area is 121 Å². The quantitative estimate of drug-likeness (QED) is 0.740. The number of hydrogen-bond donors (Lipinski definition) is 0. The molecule has 5 nitrogen and oxygen atoms in total. The normalized spacial score (nSPS) is 11.7. The third-order valence-corrected chi connectivity index (χ3v) is 3.72. The standard InChI is InChI=1S/C13H12N2O3S.CH4/c1-16-8-4-7-10(13(18-3)12(8)17-2)11(15-7)9-5-14-6-19-9;/h4-6H,1-3H3;1H4. The van der Waals surface area contributed by atoms with E-state index < -0.39 is 0 Å². The molecule has 0 bridgehead atoms. The number of nitrogens with zero attached hydrogens (tertiary/aromatic N) is 2. The Morgan fingerprint density at radius 3 is 2.35 bits per heavy atom. The van der Waals surface area contributed by atoms with Gasteiger partial charge in [-0.25, -0.2) is 4.99 Å². The van der Waals surface area contributed by atoms with Gasteiger partial charge in [0, 0.05) is 12.3 Å². The van der Waals surface area contributed by atoms with Crippen molar-refractivity contribution in [2.24, 2.45) is 4.99 Å². The molecule has 2 heterocycles. The van der Waals surface area contributed by atoms with Gasteiger partial charge in [0.2, 0.25) is 5.75 Å². The Morgan fingerprint density at radius 1 is 1.05 bits per heavy atom. The van der Waals surface area contributed by atoms with E-state index in [2.05, 4.69) is 9.98 Å². The summed E-state index contributed by atoms with van der Waals surface area (Å²) in [6, 6.07) is 1.85. The van der Waals surface area contributed by atoms with Crippen molar-refractivity contribution in [3.8, 4) is 17.2 Å². The molecule has 0 fully saturated rings. The van der Waals surface area contributed by atoms with Crippen LogP contribution in [0.1, 0.15) is 17.9 Å². The molecule has 0 N–H and O–H groups in total. The van der Waals surface area contributed by atoms with Crippen molar-refractivity contribution in [2.45, 2.75) is 7.43 Å². The summed E-state index contributed by atoms with van der Waals surface area (Å²) in [5, 5.41) is 0. The lowest BCUT2D eigenvalue weighted by molar-refractivity contribution is 0.324. The number of methoxy groups -OCH3 is 3. The van der Waals surface area contributed by atoms with E-state index in [1.165, 1.54) is 0 Å². The van der Waals surface area contributed by atoms with Gasteiger partial charge in [-0.05, 0) is 0 Å². The van der Waals surface area contributed by atoms with Crippen LogP contribution >= 0.6 is 11.3 Å². The maximum atomic E-state index is 5.47. The van der Waals surface area contributed by atoms with Crippen molar-refractivity contribution in [3.05, 3.63) is 28.2 Å². The van der Waals surface area contributed by atoms with Crippen LogP contribution in [0.15, 0.2) is 22.8 Å². The second-order valence-corrected chi connectivity index (χ2v) is 4.75. The molecule has 20 heavy (non-hydrogen) atoms. The monoisotopic (exact) mass is 292 g/mol. The maximum absolute atomic E-state index is 5.47. The average Bonchev–Trinajstić information content (AvgIpc) is 2.92. The molecule has 6 heteroatoms. The number of hydrogen-bond acceptors (Lipinski definition) is 6. The van der Waals surface area contributed by atoms with Crippen LogP contribution in [0.25, 0.3) is 0 Å². The summed E-state index contributed by atoms with van der Waals surface area (Å²) >= 11 is 1.54. The number of ether oxygens (including phenoxy) is 3. The summed E-state index contributed by atoms with van der Waals surface area (Å²) in [6.45, 7) is 0. The molecule has 1 aliphatic rings. The average molecular weight is 292 g/mol. The van der Waals surface area contributed by atoms with E-state index >= 15 is 0 Å². The summed E-state index contributed by atoms with van der Waals surface area (Å²) in [5.74, 6) is 1.85. The molecule has 106 valence electrons. The summed E-state index contributed by atoms with van der Waals surface area (Å²) in [4.78, 5) is 9.57. The molecule has 0 spiro atoms. The molecule has 0 atom stereocenters. The largest absolute Gasteiger partial charge is 0.493 e. The van der Waals surface area contributed by atoms with Crippen LogP contribution in [-0.4, -0.2) is 32.0 Å². The molecule has 2 aromatic rings. The van der Waals surface area contributed by atoms with Gasteiger partial charge in [0.15, 0.2) is 11.5 Å². The number of rotatable bonds is 4. The second kappa shape index (κ2) is 5.50. The van der Waals surface area contributed by atoms with Crippen molar-refractivity contribution in [1.82, 2.24) is 4.98 Å². The predicted octanol–water partition coefficient (Wildman–Crippen LogP) is 3.29. The zero-order valence-electron chi connectivity index (χ0n) is 10.8. The van der Waals surface area contributed by atoms with Gasteiger partial charge in [-0.15, -0.1) is 11.3 Å². The van der Waals surface area contributed by atoms with Gasteiger partial charge in [0.1, 0.15) is 0 Å². The first kappa shape index (κ1) is 14.3. The molecule has 1 aromatic heterocycles. The van der Waals surface area contributed by atoms with Crippen molar-refractivity contribution < 1.29 is 14.2 Å². The summed E-state index contributed by atoms with van der Waals surface area (Å²) < 4.78 is 16.1. The highest BCUT2D eigenvalue weighted by atomic mass is 32.1. The Bertz CT molecular complexity index is 651. The van der Waals surface area contributed by atoms with Crippen molar-refractivity contribution in [1.29, 1.82) is 0 Å². The van der Waals surface area contributed by atoms with Crippen LogP contribution in [0.3, 0.4) is 0 Å². The fourth-order valence-electron chi connectivity index (χ4n) is 2.09. The first-order valence-electron chi connectivity index (χ1n) is 5.61. The van der Waals surface area contributed by atoms with Crippen molar-refractivity contribution >= 4 is 22.7 Å². The summed E-state index contributed by atoms with van der Waals surface area (Å²) in [6.07, 6.45) is 1.79. The zero-order chi connectivity index (χ0) is 13.4. The van der Waals surface area contributed by atoms with E-state index in [1.54, 1.807) is 44.4 Å². The molecular formula is C14H16N2O3S. The number of benzene rings is 1. The molecule has 0 unspecified atom stereocenters. The van der Waals surface area contributed by atoms with Crippen LogP contribution < -0.4 is 14.2 Å². The smallest absolute Gasteiger partial charge is 0.204 e. The Morgan fingerprint density at radius 2 is 1.80 bits per heavy atom. The molecule has 1 aliphatic heterocycles. The van der Waals surface area contributed by atoms with Crippen LogP contribution in [0.5, 0.6) is 17.2 Å². The van der Waals surface area contributed by atoms with Gasteiger partial charge in [0.25, 0.3) is 0 Å². The second-order valence-electron chi connectivity index (χ2n) is 3.87. The Balaban J connectivity index is 0.00000147. The summed E-state index contributed by atoms with van der Waals surface area (Å²) in [7, 11) is 4.80. The molecule has 0 aliphatic carbocycles. The number of thiazole rings is 1. The molecule has 0 radical (unpaired) electrons. The van der Waals surface area contributed by atoms with Gasteiger partial charge >= 0.3 is 0 Å². The molecule has 1 aromatic carbocycles. The first-order valence-corrected chi connectivity index (χ1v) is 6.49. The third-order valence-electron chi connectivity index (χ3n) is 2.94. The van der Waals surface area contributed by atoms with Crippen LogP contribution in [0, 0.1) is 0 Å². The molecule has 3 rings (SSSR count). The topological polar surface area (TPSA) is 52.9 Å². The lowest BCUT2D eigenvalue weighted by Gasteiger charge is -2.23. The van der Waals surface area contributed by atoms with Crippen LogP contribution in [0.2, 0.25) is 0 Å². The summed E-state index contributed by atoms with van der Waals surface area (Å²) in [5.41, 5.74) is 4.46. The van der Waals surface area contributed by atoms with Crippen molar-refractivity contribution in [3.63, 3.8) is 0 Å². The van der Waals surface area contributed by atoms with E-state index in [9.17, 15) is 0 Å². The van der Waals surface area contributed by atoms with Gasteiger partial charge in [-0.2, -0.15) is 0 Å². The Hall–Kier alpha value is -2.08. The highest BCUT2D eigenvalue weighted by Crippen LogP contribution is 2.50. The minimum Gasteiger partial charge on any atom is -0.493 e. The van der Waals surface area contributed by atoms with Gasteiger partial charge in [-0.3, -0.25) is 4.98 Å². The third kappa shape index (κ3) is 1.92. The predicted molar refractivity (Wildman–Crippen MR) is 80.2 cm³/mol. The lowest BCUT2D eigenvalue weighted by atomic mass is 9.98. The zero-order valence-corrected chi connectivity index (χ0v) is 11.6. The highest BCUT2D eigenvalue weighted by Gasteiger charge is 2.31. The molecule has 0 saturated heterocycles. The van der Waals surface area contributed by atoms with E-state index in [-0.39, 0.29) is 7.43 Å². The van der Waals surface area contributed by atoms with E-state index in [0.29, 0.717) is 17.2 Å². The Kier molecular flexibility index (Phi) is 3.94. The molecular weight excluding hydrogens is 276 g/mol. The maximum Gasteiger partial charge on any atom is 0.204 e. The molecule has 0 amide bonds. The van der Waals surface area contributed by atoms with Gasteiger partial charge < -0.3 is 14.2 Å².